The number of carbonyl (C=O) groups excluding carboxylic acids is 1. The van der Waals surface area contributed by atoms with Crippen molar-refractivity contribution in [3.63, 3.8) is 0 Å². The van der Waals surface area contributed by atoms with E-state index in [2.05, 4.69) is 4.98 Å². The average Bonchev–Trinajstić information content (AvgIpc) is 3.25. The van der Waals surface area contributed by atoms with Gasteiger partial charge in [-0.25, -0.2) is 0 Å². The zero-order chi connectivity index (χ0) is 13.9. The monoisotopic (exact) mass is 276 g/mol. The lowest BCUT2D eigenvalue weighted by Gasteiger charge is -2.39. The summed E-state index contributed by atoms with van der Waals surface area (Å²) < 4.78 is 10.5. The van der Waals surface area contributed by atoms with Crippen LogP contribution in [0.2, 0.25) is 0 Å². The number of hydrogen-bond acceptors (Lipinski definition) is 4. The van der Waals surface area contributed by atoms with E-state index in [1.54, 1.807) is 13.3 Å². The molecule has 1 aliphatic heterocycles. The highest BCUT2D eigenvalue weighted by molar-refractivity contribution is 5.96. The van der Waals surface area contributed by atoms with Crippen molar-refractivity contribution in [2.75, 3.05) is 33.4 Å². The zero-order valence-corrected chi connectivity index (χ0v) is 11.7. The van der Waals surface area contributed by atoms with E-state index in [9.17, 15) is 4.79 Å². The fourth-order valence-electron chi connectivity index (χ4n) is 2.46. The van der Waals surface area contributed by atoms with E-state index in [0.29, 0.717) is 32.2 Å². The van der Waals surface area contributed by atoms with Crippen molar-refractivity contribution in [1.82, 2.24) is 9.88 Å². The van der Waals surface area contributed by atoms with Crippen molar-refractivity contribution in [1.29, 1.82) is 0 Å². The normalized spacial score (nSPS) is 18.9. The summed E-state index contributed by atoms with van der Waals surface area (Å²) in [4.78, 5) is 18.7. The summed E-state index contributed by atoms with van der Waals surface area (Å²) in [5, 5.41) is 0. The molecule has 0 spiro atoms. The van der Waals surface area contributed by atoms with Crippen molar-refractivity contribution in [2.45, 2.75) is 24.9 Å². The predicted octanol–water partition coefficient (Wildman–Crippen LogP) is 1.45. The van der Waals surface area contributed by atoms with Gasteiger partial charge >= 0.3 is 0 Å². The molecule has 0 bridgehead atoms. The van der Waals surface area contributed by atoms with Gasteiger partial charge in [-0.1, -0.05) is 0 Å². The Hall–Kier alpha value is -1.46. The summed E-state index contributed by atoms with van der Waals surface area (Å²) >= 11 is 0. The summed E-state index contributed by atoms with van der Waals surface area (Å²) in [5.74, 6) is 0.580. The molecule has 0 aromatic carbocycles. The van der Waals surface area contributed by atoms with Gasteiger partial charge in [-0.2, -0.15) is 0 Å². The molecule has 20 heavy (non-hydrogen) atoms. The number of rotatable bonds is 6. The van der Waals surface area contributed by atoms with E-state index in [-0.39, 0.29) is 12.0 Å². The van der Waals surface area contributed by atoms with Gasteiger partial charge in [0.25, 0.3) is 5.91 Å². The fourth-order valence-corrected chi connectivity index (χ4v) is 2.46. The number of ether oxygens (including phenoxy) is 2. The molecule has 1 amide bonds. The Morgan fingerprint density at radius 2 is 2.20 bits per heavy atom. The molecule has 1 saturated heterocycles. The van der Waals surface area contributed by atoms with Gasteiger partial charge in [0.05, 0.1) is 30.6 Å². The molecule has 108 valence electrons. The van der Waals surface area contributed by atoms with Crippen molar-refractivity contribution in [3.8, 4) is 0 Å². The Balaban J connectivity index is 1.56. The van der Waals surface area contributed by atoms with Crippen LogP contribution < -0.4 is 0 Å². The molecule has 1 aliphatic carbocycles. The SMILES string of the molecule is COCCOC1CN(C(=O)c2cccnc2C2CC2)C1. The van der Waals surface area contributed by atoms with Crippen molar-refractivity contribution in [3.05, 3.63) is 29.6 Å². The molecule has 2 heterocycles. The summed E-state index contributed by atoms with van der Waals surface area (Å²) in [6.07, 6.45) is 4.23. The molecule has 3 rings (SSSR count). The van der Waals surface area contributed by atoms with Crippen molar-refractivity contribution < 1.29 is 14.3 Å². The van der Waals surface area contributed by atoms with Gasteiger partial charge in [0.15, 0.2) is 0 Å². The topological polar surface area (TPSA) is 51.7 Å². The lowest BCUT2D eigenvalue weighted by molar-refractivity contribution is -0.0555. The molecule has 1 aromatic rings. The number of aromatic nitrogens is 1. The van der Waals surface area contributed by atoms with Crippen molar-refractivity contribution >= 4 is 5.91 Å². The van der Waals surface area contributed by atoms with E-state index in [4.69, 9.17) is 9.47 Å². The number of methoxy groups -OCH3 is 1. The Bertz CT molecular complexity index is 482. The Morgan fingerprint density at radius 3 is 2.90 bits per heavy atom. The minimum Gasteiger partial charge on any atom is -0.382 e. The lowest BCUT2D eigenvalue weighted by atomic mass is 10.1. The van der Waals surface area contributed by atoms with Crippen LogP contribution in [0.1, 0.15) is 34.8 Å². The summed E-state index contributed by atoms with van der Waals surface area (Å²) in [6.45, 7) is 2.52. The van der Waals surface area contributed by atoms with Crippen LogP contribution in [0.25, 0.3) is 0 Å². The Kier molecular flexibility index (Phi) is 3.98. The Morgan fingerprint density at radius 1 is 1.40 bits per heavy atom. The molecule has 5 heteroatoms. The standard InChI is InChI=1S/C15H20N2O3/c1-19-7-8-20-12-9-17(10-12)15(18)13-3-2-6-16-14(13)11-4-5-11/h2-3,6,11-12H,4-5,7-10H2,1H3. The van der Waals surface area contributed by atoms with Gasteiger partial charge in [-0.05, 0) is 25.0 Å². The minimum absolute atomic E-state index is 0.0894. The van der Waals surface area contributed by atoms with Crippen LogP contribution in [-0.4, -0.2) is 55.3 Å². The molecule has 0 unspecified atom stereocenters. The van der Waals surface area contributed by atoms with Crippen LogP contribution in [0.4, 0.5) is 0 Å². The van der Waals surface area contributed by atoms with Crippen LogP contribution in [-0.2, 0) is 9.47 Å². The maximum atomic E-state index is 12.5. The first-order chi connectivity index (χ1) is 9.79. The second kappa shape index (κ2) is 5.89. The highest BCUT2D eigenvalue weighted by atomic mass is 16.5. The smallest absolute Gasteiger partial charge is 0.255 e. The number of likely N-dealkylation sites (tertiary alicyclic amines) is 1. The number of amides is 1. The average molecular weight is 276 g/mol. The molecule has 0 atom stereocenters. The second-order valence-electron chi connectivity index (χ2n) is 5.41. The van der Waals surface area contributed by atoms with E-state index in [0.717, 1.165) is 24.1 Å². The molecular weight excluding hydrogens is 256 g/mol. The molecule has 0 radical (unpaired) electrons. The van der Waals surface area contributed by atoms with Gasteiger partial charge in [-0.15, -0.1) is 0 Å². The van der Waals surface area contributed by atoms with Crippen LogP contribution >= 0.6 is 0 Å². The zero-order valence-electron chi connectivity index (χ0n) is 11.7. The van der Waals surface area contributed by atoms with Gasteiger partial charge in [0.2, 0.25) is 0 Å². The van der Waals surface area contributed by atoms with Crippen LogP contribution in [0.15, 0.2) is 18.3 Å². The molecule has 0 N–H and O–H groups in total. The van der Waals surface area contributed by atoms with Crippen molar-refractivity contribution in [2.24, 2.45) is 0 Å². The van der Waals surface area contributed by atoms with Gasteiger partial charge < -0.3 is 14.4 Å². The Labute approximate surface area is 118 Å². The molecule has 5 nitrogen and oxygen atoms in total. The van der Waals surface area contributed by atoms with E-state index in [1.807, 2.05) is 17.0 Å². The first-order valence-electron chi connectivity index (χ1n) is 7.14. The summed E-state index contributed by atoms with van der Waals surface area (Å²) in [6, 6.07) is 3.73. The van der Waals surface area contributed by atoms with Gasteiger partial charge in [-0.3, -0.25) is 9.78 Å². The molecule has 2 aliphatic rings. The first kappa shape index (κ1) is 13.5. The lowest BCUT2D eigenvalue weighted by Crippen LogP contribution is -2.55. The van der Waals surface area contributed by atoms with E-state index in [1.165, 1.54) is 0 Å². The molecular formula is C15H20N2O3. The maximum absolute atomic E-state index is 12.5. The fraction of sp³-hybridized carbons (Fsp3) is 0.600. The number of nitrogens with zero attached hydrogens (tertiary/aromatic N) is 2. The summed E-state index contributed by atoms with van der Waals surface area (Å²) in [5.41, 5.74) is 1.74. The van der Waals surface area contributed by atoms with E-state index < -0.39 is 0 Å². The van der Waals surface area contributed by atoms with Gasteiger partial charge in [0, 0.05) is 32.3 Å². The van der Waals surface area contributed by atoms with Crippen LogP contribution in [0, 0.1) is 0 Å². The third-order valence-electron chi connectivity index (χ3n) is 3.81. The number of pyridine rings is 1. The predicted molar refractivity (Wildman–Crippen MR) is 73.7 cm³/mol. The van der Waals surface area contributed by atoms with Gasteiger partial charge in [0.1, 0.15) is 0 Å². The number of carbonyl (C=O) groups is 1. The third-order valence-corrected chi connectivity index (χ3v) is 3.81. The second-order valence-corrected chi connectivity index (χ2v) is 5.41. The minimum atomic E-state index is 0.0894. The molecule has 2 fully saturated rings. The number of hydrogen-bond donors (Lipinski definition) is 0. The third kappa shape index (κ3) is 2.83. The molecule has 1 aromatic heterocycles. The molecule has 1 saturated carbocycles. The summed E-state index contributed by atoms with van der Waals surface area (Å²) in [7, 11) is 1.65. The van der Waals surface area contributed by atoms with Crippen LogP contribution in [0.3, 0.4) is 0 Å². The largest absolute Gasteiger partial charge is 0.382 e. The highest BCUT2D eigenvalue weighted by Crippen LogP contribution is 2.40. The quantitative estimate of drug-likeness (QED) is 0.738. The van der Waals surface area contributed by atoms with Crippen LogP contribution in [0.5, 0.6) is 0 Å². The maximum Gasteiger partial charge on any atom is 0.255 e. The van der Waals surface area contributed by atoms with E-state index >= 15 is 0 Å². The highest BCUT2D eigenvalue weighted by Gasteiger charge is 2.35. The first-order valence-corrected chi connectivity index (χ1v) is 7.14.